The molecule has 0 unspecified atom stereocenters. The van der Waals surface area contributed by atoms with Crippen LogP contribution in [-0.4, -0.2) is 54.3 Å². The van der Waals surface area contributed by atoms with Crippen LogP contribution in [0.15, 0.2) is 67.8 Å². The van der Waals surface area contributed by atoms with Crippen LogP contribution in [-0.2, 0) is 9.47 Å². The summed E-state index contributed by atoms with van der Waals surface area (Å²) in [5, 5.41) is 10.7. The third-order valence-electron chi connectivity index (χ3n) is 7.33. The van der Waals surface area contributed by atoms with E-state index in [1.165, 1.54) is 12.4 Å². The van der Waals surface area contributed by atoms with Crippen molar-refractivity contribution < 1.29 is 19.1 Å². The number of carbonyl (C=O) groups excluding carboxylic acids is 2. The minimum atomic E-state index is -0.453. The number of ether oxygens (including phenoxy) is 2. The molecule has 0 bridgehead atoms. The predicted octanol–water partition coefficient (Wildman–Crippen LogP) is 9.92. The molecule has 0 aliphatic heterocycles. The first kappa shape index (κ1) is 36.8. The second-order valence-corrected chi connectivity index (χ2v) is 13.1. The number of hydrogen-bond donors (Lipinski definition) is 0. The number of nitrogens with zero attached hydrogens (tertiary/aromatic N) is 6. The third kappa shape index (κ3) is 7.94. The molecule has 6 rings (SSSR count). The Hall–Kier alpha value is -4.48. The van der Waals surface area contributed by atoms with Crippen molar-refractivity contribution in [1.82, 2.24) is 29.2 Å². The van der Waals surface area contributed by atoms with Gasteiger partial charge in [-0.3, -0.25) is 0 Å². The van der Waals surface area contributed by atoms with Gasteiger partial charge in [-0.05, 0) is 68.7 Å². The maximum atomic E-state index is 12.2. The minimum Gasteiger partial charge on any atom is -0.462 e. The van der Waals surface area contributed by atoms with Crippen LogP contribution in [0, 0.1) is 0 Å². The van der Waals surface area contributed by atoms with E-state index >= 15 is 0 Å². The van der Waals surface area contributed by atoms with Gasteiger partial charge in [0.05, 0.1) is 60.5 Å². The molecule has 0 atom stereocenters. The summed E-state index contributed by atoms with van der Waals surface area (Å²) in [4.78, 5) is 33.7. The molecule has 0 aliphatic carbocycles. The Morgan fingerprint density at radius 3 is 1.58 bits per heavy atom. The van der Waals surface area contributed by atoms with Gasteiger partial charge >= 0.3 is 11.9 Å². The second kappa shape index (κ2) is 15.6. The molecular weight excluding hydrogens is 722 g/mol. The zero-order chi connectivity index (χ0) is 36.3. The molecule has 0 spiro atoms. The van der Waals surface area contributed by atoms with E-state index in [2.05, 4.69) is 26.7 Å². The summed E-state index contributed by atoms with van der Waals surface area (Å²) in [6.07, 6.45) is 6.53. The highest BCUT2D eigenvalue weighted by molar-refractivity contribution is 6.35. The van der Waals surface area contributed by atoms with Gasteiger partial charge in [0.1, 0.15) is 0 Å². The maximum Gasteiger partial charge on any atom is 0.340 e. The van der Waals surface area contributed by atoms with Crippen LogP contribution in [0.2, 0.25) is 20.1 Å². The fraction of sp³-hybridized carbons (Fsp3) is 0.222. The van der Waals surface area contributed by atoms with E-state index in [1.807, 2.05) is 20.8 Å². The SMILES string of the molecule is C=C(C)c1c(C(=O)OCC)cnn2cc(-c3cc(Cl)cc(Cl)c3)nc12.CCOC(=O)c1cnn2cc(-c3cc(Cl)cc(Cl)c3)nc2c1C(C)C. The van der Waals surface area contributed by atoms with Crippen molar-refractivity contribution in [3.05, 3.63) is 110 Å². The smallest absolute Gasteiger partial charge is 0.340 e. The Balaban J connectivity index is 0.000000194. The molecule has 50 heavy (non-hydrogen) atoms. The molecule has 0 amide bonds. The summed E-state index contributed by atoms with van der Waals surface area (Å²) < 4.78 is 13.5. The first-order valence-corrected chi connectivity index (χ1v) is 17.0. The standard InChI is InChI=1S/C18H17Cl2N3O2.C18H15Cl2N3O2/c2*1-4-25-18(24)14-8-21-23-9-15(22-17(23)16(14)10(2)3)11-5-12(19)7-13(20)6-11/h5-10H,4H2,1-3H3;5-9H,2,4H2,1,3H3. The van der Waals surface area contributed by atoms with Gasteiger partial charge in [-0.15, -0.1) is 0 Å². The molecule has 4 aromatic heterocycles. The summed E-state index contributed by atoms with van der Waals surface area (Å²) in [7, 11) is 0. The lowest BCUT2D eigenvalue weighted by Crippen LogP contribution is -2.12. The Morgan fingerprint density at radius 2 is 1.14 bits per heavy atom. The lowest BCUT2D eigenvalue weighted by Gasteiger charge is -2.12. The van der Waals surface area contributed by atoms with Crippen molar-refractivity contribution in [2.75, 3.05) is 13.2 Å². The maximum absolute atomic E-state index is 12.2. The number of benzene rings is 2. The number of halogens is 4. The minimum absolute atomic E-state index is 0.0723. The molecule has 2 aromatic carbocycles. The van der Waals surface area contributed by atoms with E-state index in [1.54, 1.807) is 71.7 Å². The Morgan fingerprint density at radius 1 is 0.720 bits per heavy atom. The van der Waals surface area contributed by atoms with Gasteiger partial charge in [0.25, 0.3) is 0 Å². The molecule has 10 nitrogen and oxygen atoms in total. The summed E-state index contributed by atoms with van der Waals surface area (Å²) in [6.45, 7) is 13.9. The molecule has 0 radical (unpaired) electrons. The van der Waals surface area contributed by atoms with Crippen LogP contribution in [0.1, 0.15) is 72.4 Å². The van der Waals surface area contributed by atoms with E-state index in [0.29, 0.717) is 71.6 Å². The highest BCUT2D eigenvalue weighted by atomic mass is 35.5. The first-order valence-electron chi connectivity index (χ1n) is 15.5. The number of esters is 2. The van der Waals surface area contributed by atoms with E-state index in [9.17, 15) is 9.59 Å². The number of aromatic nitrogens is 6. The van der Waals surface area contributed by atoms with Gasteiger partial charge in [0, 0.05) is 42.3 Å². The van der Waals surface area contributed by atoms with Crippen molar-refractivity contribution in [1.29, 1.82) is 0 Å². The van der Waals surface area contributed by atoms with Gasteiger partial charge in [-0.1, -0.05) is 66.8 Å². The Kier molecular flexibility index (Phi) is 11.5. The number of imidazole rings is 2. The average molecular weight is 755 g/mol. The molecule has 4 heterocycles. The summed E-state index contributed by atoms with van der Waals surface area (Å²) >= 11 is 24.3. The van der Waals surface area contributed by atoms with Crippen molar-refractivity contribution in [2.45, 2.75) is 40.5 Å². The molecule has 0 fully saturated rings. The topological polar surface area (TPSA) is 113 Å². The predicted molar refractivity (Wildman–Crippen MR) is 198 cm³/mol. The highest BCUT2D eigenvalue weighted by Gasteiger charge is 2.22. The van der Waals surface area contributed by atoms with Crippen molar-refractivity contribution in [2.24, 2.45) is 0 Å². The lowest BCUT2D eigenvalue weighted by molar-refractivity contribution is 0.0515. The number of fused-ring (bicyclic) bond motifs is 2. The monoisotopic (exact) mass is 752 g/mol. The second-order valence-electron chi connectivity index (χ2n) is 11.4. The van der Waals surface area contributed by atoms with E-state index < -0.39 is 11.9 Å². The zero-order valence-electron chi connectivity index (χ0n) is 27.8. The van der Waals surface area contributed by atoms with E-state index in [4.69, 9.17) is 55.9 Å². The molecule has 0 N–H and O–H groups in total. The highest BCUT2D eigenvalue weighted by Crippen LogP contribution is 2.31. The van der Waals surface area contributed by atoms with Crippen molar-refractivity contribution in [3.63, 3.8) is 0 Å². The largest absolute Gasteiger partial charge is 0.462 e. The van der Waals surface area contributed by atoms with Gasteiger partial charge in [0.15, 0.2) is 11.3 Å². The molecular formula is C36H32Cl4N6O4. The summed E-state index contributed by atoms with van der Waals surface area (Å²) in [5.41, 5.74) is 6.87. The first-order chi connectivity index (χ1) is 23.8. The van der Waals surface area contributed by atoms with Crippen LogP contribution >= 0.6 is 46.4 Å². The van der Waals surface area contributed by atoms with E-state index in [0.717, 1.165) is 16.7 Å². The van der Waals surface area contributed by atoms with Gasteiger partial charge in [-0.25, -0.2) is 28.6 Å². The number of allylic oxidation sites excluding steroid dienone is 1. The summed E-state index contributed by atoms with van der Waals surface area (Å²) in [6, 6.07) is 10.4. The van der Waals surface area contributed by atoms with Crippen LogP contribution in [0.3, 0.4) is 0 Å². The third-order valence-corrected chi connectivity index (χ3v) is 8.21. The van der Waals surface area contributed by atoms with Crippen LogP contribution in [0.25, 0.3) is 39.4 Å². The molecule has 0 aliphatic rings. The van der Waals surface area contributed by atoms with Gasteiger partial charge in [-0.2, -0.15) is 10.2 Å². The van der Waals surface area contributed by atoms with E-state index in [-0.39, 0.29) is 12.5 Å². The number of hydrogen-bond acceptors (Lipinski definition) is 8. The van der Waals surface area contributed by atoms with Crippen LogP contribution in [0.5, 0.6) is 0 Å². The Bertz CT molecular complexity index is 2220. The molecule has 258 valence electrons. The zero-order valence-corrected chi connectivity index (χ0v) is 30.8. The number of carbonyl (C=O) groups is 2. The Labute approximate surface area is 308 Å². The normalized spacial score (nSPS) is 11.1. The molecule has 0 saturated heterocycles. The quantitative estimate of drug-likeness (QED) is 0.141. The van der Waals surface area contributed by atoms with Crippen molar-refractivity contribution >= 4 is 75.2 Å². The fourth-order valence-corrected chi connectivity index (χ4v) is 6.35. The van der Waals surface area contributed by atoms with Crippen LogP contribution < -0.4 is 0 Å². The van der Waals surface area contributed by atoms with Gasteiger partial charge in [0.2, 0.25) is 0 Å². The van der Waals surface area contributed by atoms with Gasteiger partial charge < -0.3 is 9.47 Å². The average Bonchev–Trinajstić information content (AvgIpc) is 3.68. The lowest BCUT2D eigenvalue weighted by atomic mass is 10.00. The summed E-state index contributed by atoms with van der Waals surface area (Å²) in [5.74, 6) is -0.773. The molecule has 14 heteroatoms. The molecule has 6 aromatic rings. The van der Waals surface area contributed by atoms with Crippen molar-refractivity contribution in [3.8, 4) is 22.5 Å². The van der Waals surface area contributed by atoms with Crippen LogP contribution in [0.4, 0.5) is 0 Å². The molecule has 0 saturated carbocycles. The number of rotatable bonds is 8. The fourth-order valence-electron chi connectivity index (χ4n) is 5.29.